The fourth-order valence-corrected chi connectivity index (χ4v) is 3.23. The number of nitriles is 1. The van der Waals surface area contributed by atoms with Gasteiger partial charge in [-0.1, -0.05) is 37.1 Å². The van der Waals surface area contributed by atoms with E-state index in [1.165, 1.54) is 0 Å². The fraction of sp³-hybridized carbons (Fsp3) is 0.562. The molecule has 1 aliphatic rings. The molecule has 0 bridgehead atoms. The zero-order valence-electron chi connectivity index (χ0n) is 11.5. The molecular weight excluding hydrogens is 258 g/mol. The molecule has 1 aromatic carbocycles. The van der Waals surface area contributed by atoms with Crippen LogP contribution in [0.5, 0.6) is 0 Å². The van der Waals surface area contributed by atoms with Crippen LogP contribution in [-0.4, -0.2) is 5.11 Å². The molecule has 1 aliphatic carbocycles. The normalized spacial score (nSPS) is 28.1. The van der Waals surface area contributed by atoms with Gasteiger partial charge in [0, 0.05) is 5.02 Å². The van der Waals surface area contributed by atoms with Gasteiger partial charge in [-0.15, -0.1) is 0 Å². The van der Waals surface area contributed by atoms with Gasteiger partial charge in [-0.3, -0.25) is 0 Å². The number of halogens is 1. The van der Waals surface area contributed by atoms with E-state index in [-0.39, 0.29) is 0 Å². The minimum absolute atomic E-state index is 0.551. The zero-order valence-corrected chi connectivity index (χ0v) is 12.2. The van der Waals surface area contributed by atoms with Gasteiger partial charge in [0.05, 0.1) is 17.6 Å². The molecule has 19 heavy (non-hydrogen) atoms. The Balaban J connectivity index is 2.29. The number of aliphatic hydroxyl groups is 1. The molecule has 2 rings (SSSR count). The first-order valence-electron chi connectivity index (χ1n) is 6.88. The Bertz CT molecular complexity index is 508. The molecule has 0 radical (unpaired) electrons. The first kappa shape index (κ1) is 14.4. The molecule has 0 saturated heterocycles. The summed E-state index contributed by atoms with van der Waals surface area (Å²) in [5.74, 6) is 0.551. The van der Waals surface area contributed by atoms with Crippen molar-refractivity contribution in [3.8, 4) is 6.07 Å². The van der Waals surface area contributed by atoms with E-state index in [9.17, 15) is 10.4 Å². The molecule has 0 aromatic heterocycles. The minimum Gasteiger partial charge on any atom is -0.387 e. The second-order valence-corrected chi connectivity index (χ2v) is 6.10. The lowest BCUT2D eigenvalue weighted by Gasteiger charge is -2.28. The van der Waals surface area contributed by atoms with Gasteiger partial charge in [0.2, 0.25) is 0 Å². The van der Waals surface area contributed by atoms with Gasteiger partial charge in [0.15, 0.2) is 0 Å². The predicted molar refractivity (Wildman–Crippen MR) is 76.8 cm³/mol. The van der Waals surface area contributed by atoms with Gasteiger partial charge in [-0.05, 0) is 49.3 Å². The number of hydrogen-bond donors (Lipinski definition) is 1. The first-order valence-corrected chi connectivity index (χ1v) is 7.25. The highest BCUT2D eigenvalue weighted by molar-refractivity contribution is 6.31. The maximum Gasteiger partial charge on any atom is 0.0976 e. The summed E-state index contributed by atoms with van der Waals surface area (Å²) in [6, 6.07) is 7.95. The van der Waals surface area contributed by atoms with Crippen molar-refractivity contribution in [1.82, 2.24) is 0 Å². The van der Waals surface area contributed by atoms with E-state index in [1.54, 1.807) is 6.07 Å². The van der Waals surface area contributed by atoms with Crippen LogP contribution < -0.4 is 0 Å². The molecular formula is C16H20ClNO. The molecule has 3 heteroatoms. The van der Waals surface area contributed by atoms with Crippen LogP contribution in [0, 0.1) is 29.6 Å². The lowest BCUT2D eigenvalue weighted by Crippen LogP contribution is -2.24. The number of hydrogen-bond acceptors (Lipinski definition) is 2. The van der Waals surface area contributed by atoms with Crippen LogP contribution in [0.4, 0.5) is 0 Å². The average molecular weight is 278 g/mol. The Hall–Kier alpha value is -1.04. The second-order valence-electron chi connectivity index (χ2n) is 5.70. The van der Waals surface area contributed by atoms with Gasteiger partial charge in [-0.2, -0.15) is 5.26 Å². The topological polar surface area (TPSA) is 44.0 Å². The van der Waals surface area contributed by atoms with E-state index in [0.717, 1.165) is 36.8 Å². The third-order valence-electron chi connectivity index (χ3n) is 4.49. The van der Waals surface area contributed by atoms with Crippen molar-refractivity contribution in [3.63, 3.8) is 0 Å². The maximum absolute atomic E-state index is 10.6. The van der Waals surface area contributed by atoms with Gasteiger partial charge in [0.1, 0.15) is 0 Å². The molecule has 0 spiro atoms. The Morgan fingerprint density at radius 2 is 2.32 bits per heavy atom. The molecule has 0 aliphatic heterocycles. The summed E-state index contributed by atoms with van der Waals surface area (Å²) in [4.78, 5) is 0. The quantitative estimate of drug-likeness (QED) is 0.890. The summed E-state index contributed by atoms with van der Waals surface area (Å²) in [5.41, 5.74) is 1.11. The van der Waals surface area contributed by atoms with E-state index in [4.69, 9.17) is 11.6 Å². The maximum atomic E-state index is 10.6. The third kappa shape index (κ3) is 2.63. The standard InChI is InChI=1S/C16H20ClNO/c1-3-12-6-7-16(9-12,10-18)15(19)13-5-4-11(2)14(17)8-13/h4-5,8,12,15,19H,3,6-7,9H2,1-2H3. The zero-order chi connectivity index (χ0) is 14.0. The largest absolute Gasteiger partial charge is 0.387 e. The Kier molecular flexibility index (Phi) is 4.18. The highest BCUT2D eigenvalue weighted by atomic mass is 35.5. The Labute approximate surface area is 120 Å². The molecule has 1 N–H and O–H groups in total. The van der Waals surface area contributed by atoms with Gasteiger partial charge < -0.3 is 5.11 Å². The smallest absolute Gasteiger partial charge is 0.0976 e. The van der Waals surface area contributed by atoms with Crippen LogP contribution in [-0.2, 0) is 0 Å². The highest BCUT2D eigenvalue weighted by Crippen LogP contribution is 2.50. The lowest BCUT2D eigenvalue weighted by atomic mass is 9.77. The van der Waals surface area contributed by atoms with Crippen molar-refractivity contribution in [1.29, 1.82) is 5.26 Å². The SMILES string of the molecule is CCC1CCC(C#N)(C(O)c2ccc(C)c(Cl)c2)C1. The highest BCUT2D eigenvalue weighted by Gasteiger charge is 2.45. The van der Waals surface area contributed by atoms with Gasteiger partial charge >= 0.3 is 0 Å². The monoisotopic (exact) mass is 277 g/mol. The van der Waals surface area contributed by atoms with Crippen LogP contribution in [0.2, 0.25) is 5.02 Å². The summed E-state index contributed by atoms with van der Waals surface area (Å²) in [7, 11) is 0. The summed E-state index contributed by atoms with van der Waals surface area (Å²) in [5, 5.41) is 20.8. The molecule has 102 valence electrons. The number of benzene rings is 1. The number of aryl methyl sites for hydroxylation is 1. The van der Waals surface area contributed by atoms with E-state index in [2.05, 4.69) is 13.0 Å². The van der Waals surface area contributed by atoms with Crippen molar-refractivity contribution in [2.75, 3.05) is 0 Å². The summed E-state index contributed by atoms with van der Waals surface area (Å²) >= 11 is 6.12. The van der Waals surface area contributed by atoms with Gasteiger partial charge in [-0.25, -0.2) is 0 Å². The average Bonchev–Trinajstić information content (AvgIpc) is 2.86. The van der Waals surface area contributed by atoms with Crippen molar-refractivity contribution in [3.05, 3.63) is 34.3 Å². The van der Waals surface area contributed by atoms with Crippen molar-refractivity contribution < 1.29 is 5.11 Å². The van der Waals surface area contributed by atoms with Crippen molar-refractivity contribution in [2.24, 2.45) is 11.3 Å². The first-order chi connectivity index (χ1) is 9.02. The number of rotatable bonds is 3. The van der Waals surface area contributed by atoms with Crippen LogP contribution in [0.1, 0.15) is 49.8 Å². The Morgan fingerprint density at radius 3 is 2.84 bits per heavy atom. The number of aliphatic hydroxyl groups excluding tert-OH is 1. The molecule has 1 aromatic rings. The lowest BCUT2D eigenvalue weighted by molar-refractivity contribution is 0.0641. The Morgan fingerprint density at radius 1 is 1.58 bits per heavy atom. The molecule has 3 unspecified atom stereocenters. The van der Waals surface area contributed by atoms with Crippen LogP contribution in [0.15, 0.2) is 18.2 Å². The third-order valence-corrected chi connectivity index (χ3v) is 4.89. The molecule has 0 heterocycles. The van der Waals surface area contributed by atoms with Gasteiger partial charge in [0.25, 0.3) is 0 Å². The number of nitrogens with zero attached hydrogens (tertiary/aromatic N) is 1. The molecule has 3 atom stereocenters. The molecule has 2 nitrogen and oxygen atoms in total. The fourth-order valence-electron chi connectivity index (χ4n) is 3.04. The summed E-state index contributed by atoms with van der Waals surface area (Å²) < 4.78 is 0. The van der Waals surface area contributed by atoms with Crippen LogP contribution in [0.25, 0.3) is 0 Å². The molecule has 1 saturated carbocycles. The minimum atomic E-state index is -0.743. The van der Waals surface area contributed by atoms with Crippen molar-refractivity contribution in [2.45, 2.75) is 45.6 Å². The van der Waals surface area contributed by atoms with E-state index >= 15 is 0 Å². The van der Waals surface area contributed by atoms with Crippen LogP contribution >= 0.6 is 11.6 Å². The van der Waals surface area contributed by atoms with E-state index in [1.807, 2.05) is 19.1 Å². The molecule has 0 amide bonds. The molecule has 1 fully saturated rings. The predicted octanol–water partition coefficient (Wildman–Crippen LogP) is 4.40. The summed E-state index contributed by atoms with van der Waals surface area (Å²) in [6.07, 6.45) is 2.92. The summed E-state index contributed by atoms with van der Waals surface area (Å²) in [6.45, 7) is 4.08. The van der Waals surface area contributed by atoms with Crippen molar-refractivity contribution >= 4 is 11.6 Å². The van der Waals surface area contributed by atoms with Crippen LogP contribution in [0.3, 0.4) is 0 Å². The van der Waals surface area contributed by atoms with E-state index < -0.39 is 11.5 Å². The second kappa shape index (κ2) is 5.53. The van der Waals surface area contributed by atoms with E-state index in [0.29, 0.717) is 10.9 Å².